The third kappa shape index (κ3) is 4.77. The van der Waals surface area contributed by atoms with Crippen LogP contribution in [-0.4, -0.2) is 15.9 Å². The number of carbonyl (C=O) groups excluding carboxylic acids is 1. The predicted octanol–water partition coefficient (Wildman–Crippen LogP) is 7.21. The maximum Gasteiger partial charge on any atom is 0.155 e. The number of aromatic nitrogens is 1. The summed E-state index contributed by atoms with van der Waals surface area (Å²) in [6.07, 6.45) is 11.7. The van der Waals surface area contributed by atoms with Crippen molar-refractivity contribution in [3.8, 4) is 11.3 Å². The van der Waals surface area contributed by atoms with Gasteiger partial charge in [0.05, 0.1) is 5.76 Å². The molecule has 195 valence electrons. The topological polar surface area (TPSA) is 50.2 Å². The first-order valence-corrected chi connectivity index (χ1v) is 13.3. The molecule has 1 N–H and O–H groups in total. The van der Waals surface area contributed by atoms with E-state index in [9.17, 15) is 4.79 Å². The van der Waals surface area contributed by atoms with Gasteiger partial charge in [0.2, 0.25) is 0 Å². The van der Waals surface area contributed by atoms with Crippen LogP contribution < -0.4 is 0 Å². The van der Waals surface area contributed by atoms with E-state index in [1.54, 1.807) is 22.3 Å². The van der Waals surface area contributed by atoms with Crippen LogP contribution >= 0.6 is 0 Å². The Morgan fingerprint density at radius 3 is 2.37 bits per heavy atom. The first-order chi connectivity index (χ1) is 17.9. The molecule has 38 heavy (non-hydrogen) atoms. The summed E-state index contributed by atoms with van der Waals surface area (Å²) in [6, 6.07) is 24.1. The zero-order chi connectivity index (χ0) is 25.6. The first kappa shape index (κ1) is 26.5. The molecule has 7 rings (SSSR count). The number of ketones is 1. The maximum absolute atomic E-state index is 10.0. The number of fused-ring (bicyclic) bond motifs is 6. The minimum Gasteiger partial charge on any atom is -0.512 e. The Kier molecular flexibility index (Phi) is 7.40. The van der Waals surface area contributed by atoms with Gasteiger partial charge in [-0.25, -0.2) is 0 Å². The zero-order valence-corrected chi connectivity index (χ0v) is 24.3. The summed E-state index contributed by atoms with van der Waals surface area (Å²) in [5.41, 5.74) is 11.7. The number of benzene rings is 3. The summed E-state index contributed by atoms with van der Waals surface area (Å²) in [5, 5.41) is 11.1. The number of allylic oxidation sites excluding steroid dienone is 2. The number of aliphatic hydroxyl groups excluding tert-OH is 1. The van der Waals surface area contributed by atoms with E-state index in [1.807, 2.05) is 0 Å². The van der Waals surface area contributed by atoms with E-state index in [4.69, 9.17) is 10.1 Å². The van der Waals surface area contributed by atoms with Gasteiger partial charge in [-0.05, 0) is 86.7 Å². The smallest absolute Gasteiger partial charge is 0.155 e. The number of pyridine rings is 1. The van der Waals surface area contributed by atoms with Gasteiger partial charge in [-0.3, -0.25) is 4.79 Å². The van der Waals surface area contributed by atoms with Gasteiger partial charge < -0.3 is 10.1 Å². The van der Waals surface area contributed by atoms with Crippen LogP contribution in [0.3, 0.4) is 0 Å². The van der Waals surface area contributed by atoms with Gasteiger partial charge in [-0.15, -0.1) is 23.8 Å². The summed E-state index contributed by atoms with van der Waals surface area (Å²) in [7, 11) is 0. The predicted molar refractivity (Wildman–Crippen MR) is 149 cm³/mol. The van der Waals surface area contributed by atoms with E-state index in [-0.39, 0.29) is 31.6 Å². The molecule has 3 aliphatic rings. The van der Waals surface area contributed by atoms with Crippen molar-refractivity contribution in [3.05, 3.63) is 112 Å². The Labute approximate surface area is 238 Å². The van der Waals surface area contributed by atoms with Crippen LogP contribution in [0, 0.1) is 6.07 Å². The molecule has 1 aromatic heterocycles. The molecule has 0 saturated heterocycles. The van der Waals surface area contributed by atoms with Gasteiger partial charge in [-0.2, -0.15) is 0 Å². The Bertz CT molecular complexity index is 1540. The fourth-order valence-electron chi connectivity index (χ4n) is 6.78. The molecule has 0 unspecified atom stereocenters. The molecular formula is C34H32IrNO2-. The summed E-state index contributed by atoms with van der Waals surface area (Å²) < 4.78 is 0. The van der Waals surface area contributed by atoms with Crippen molar-refractivity contribution in [1.29, 1.82) is 0 Å². The second kappa shape index (κ2) is 10.6. The van der Waals surface area contributed by atoms with E-state index in [0.717, 1.165) is 5.69 Å². The van der Waals surface area contributed by atoms with Crippen LogP contribution in [0.4, 0.5) is 0 Å². The Morgan fingerprint density at radius 1 is 0.947 bits per heavy atom. The fraction of sp³-hybridized carbons (Fsp3) is 0.294. The molecule has 0 bridgehead atoms. The molecular weight excluding hydrogens is 647 g/mol. The number of carbonyl (C=O) groups is 1. The number of nitrogens with zero attached hydrogens (tertiary/aromatic N) is 1. The van der Waals surface area contributed by atoms with E-state index in [0.29, 0.717) is 5.41 Å². The summed E-state index contributed by atoms with van der Waals surface area (Å²) >= 11 is 0. The van der Waals surface area contributed by atoms with Crippen LogP contribution in [0.5, 0.6) is 0 Å². The Hall–Kier alpha value is -3.07. The zero-order valence-electron chi connectivity index (χ0n) is 21.9. The number of aryl methyl sites for hydroxylation is 3. The van der Waals surface area contributed by atoms with Gasteiger partial charge in [0, 0.05) is 37.8 Å². The molecule has 1 spiro atoms. The molecule has 0 fully saturated rings. The van der Waals surface area contributed by atoms with Gasteiger partial charge in [0.25, 0.3) is 0 Å². The van der Waals surface area contributed by atoms with Crippen LogP contribution in [0.15, 0.2) is 72.6 Å². The molecule has 3 nitrogen and oxygen atoms in total. The van der Waals surface area contributed by atoms with Gasteiger partial charge >= 0.3 is 0 Å². The second-order valence-corrected chi connectivity index (χ2v) is 10.9. The normalized spacial score (nSPS) is 16.3. The first-order valence-electron chi connectivity index (χ1n) is 13.3. The Balaban J connectivity index is 0.000000329. The van der Waals surface area contributed by atoms with Crippen molar-refractivity contribution in [1.82, 2.24) is 4.98 Å². The molecule has 4 heteroatoms. The largest absolute Gasteiger partial charge is 0.512 e. The molecule has 3 aliphatic carbocycles. The standard InChI is InChI=1S/C29H24N.C5H8O2.Ir/c1-2-6-21-17-29(16-20(21)5-1)14-13-25-23-9-4-10-26(24(23)11-12-27(25)29)28-15-19-7-3-8-22(19)18-30-28;1-4(6)3-5(2)7;/h1-2,4-6,9,11-12,15,18H,3,7-8,13-14,16-17H2;3,6H,1-2H3;/q-1;;/b;4-3-;. The Morgan fingerprint density at radius 2 is 1.68 bits per heavy atom. The molecule has 1 heterocycles. The molecule has 0 atom stereocenters. The third-order valence-electron chi connectivity index (χ3n) is 8.35. The van der Waals surface area contributed by atoms with Gasteiger partial charge in [0.1, 0.15) is 0 Å². The van der Waals surface area contributed by atoms with Crippen molar-refractivity contribution in [2.75, 3.05) is 0 Å². The van der Waals surface area contributed by atoms with Crippen molar-refractivity contribution in [2.45, 2.75) is 64.2 Å². The number of hydrogen-bond acceptors (Lipinski definition) is 3. The minimum atomic E-state index is -0.125. The number of rotatable bonds is 2. The van der Waals surface area contributed by atoms with E-state index >= 15 is 0 Å². The fourth-order valence-corrected chi connectivity index (χ4v) is 6.78. The van der Waals surface area contributed by atoms with Crippen LogP contribution in [0.25, 0.3) is 22.0 Å². The molecule has 3 aromatic carbocycles. The van der Waals surface area contributed by atoms with Crippen LogP contribution in [0.2, 0.25) is 0 Å². The second-order valence-electron chi connectivity index (χ2n) is 10.9. The van der Waals surface area contributed by atoms with Crippen molar-refractivity contribution < 1.29 is 30.0 Å². The summed E-state index contributed by atoms with van der Waals surface area (Å²) in [5.74, 6) is -0.0625. The van der Waals surface area contributed by atoms with Gasteiger partial charge in [0.15, 0.2) is 5.78 Å². The quantitative estimate of drug-likeness (QED) is 0.139. The molecule has 1 radical (unpaired) electrons. The SMILES string of the molecule is CC(=O)/C=C(/C)O.[Ir].[c-]1ccc2c3c(ccc2c1-c1cc2c(cn1)CCC2)C1(CC3)Cc2ccccc2C1. The average Bonchev–Trinajstić information content (AvgIpc) is 3.59. The van der Waals surface area contributed by atoms with E-state index < -0.39 is 0 Å². The van der Waals surface area contributed by atoms with Crippen LogP contribution in [0.1, 0.15) is 60.1 Å². The van der Waals surface area contributed by atoms with Crippen LogP contribution in [-0.2, 0) is 62.4 Å². The summed E-state index contributed by atoms with van der Waals surface area (Å²) in [6.45, 7) is 2.85. The monoisotopic (exact) mass is 679 g/mol. The maximum atomic E-state index is 10.0. The molecule has 0 aliphatic heterocycles. The van der Waals surface area contributed by atoms with Crippen molar-refractivity contribution in [3.63, 3.8) is 0 Å². The third-order valence-corrected chi connectivity index (χ3v) is 8.35. The molecule has 0 amide bonds. The number of hydrogen-bond donors (Lipinski definition) is 1. The molecule has 4 aromatic rings. The molecule has 0 saturated carbocycles. The van der Waals surface area contributed by atoms with Crippen molar-refractivity contribution in [2.24, 2.45) is 0 Å². The van der Waals surface area contributed by atoms with E-state index in [2.05, 4.69) is 66.9 Å². The van der Waals surface area contributed by atoms with E-state index in [1.165, 1.54) is 92.3 Å². The average molecular weight is 679 g/mol. The number of aliphatic hydroxyl groups is 1. The van der Waals surface area contributed by atoms with Gasteiger partial charge in [-0.1, -0.05) is 64.4 Å². The summed E-state index contributed by atoms with van der Waals surface area (Å²) in [4.78, 5) is 14.8. The van der Waals surface area contributed by atoms with Crippen molar-refractivity contribution >= 4 is 16.6 Å². The minimum absolute atomic E-state index is 0.